The molecule has 0 aromatic heterocycles. The molecule has 1 rings (SSSR count). The molecule has 0 unspecified atom stereocenters. The van der Waals surface area contributed by atoms with Gasteiger partial charge in [0.2, 0.25) is 0 Å². The lowest BCUT2D eigenvalue weighted by Gasteiger charge is -2.14. The number of aliphatic carboxylic acids is 1. The van der Waals surface area contributed by atoms with Crippen molar-refractivity contribution in [3.63, 3.8) is 0 Å². The van der Waals surface area contributed by atoms with E-state index in [1.54, 1.807) is 6.07 Å². The number of rotatable bonds is 5. The van der Waals surface area contributed by atoms with Crippen molar-refractivity contribution in [1.29, 1.82) is 0 Å². The van der Waals surface area contributed by atoms with Gasteiger partial charge in [0.25, 0.3) is 0 Å². The van der Waals surface area contributed by atoms with Gasteiger partial charge in [-0.05, 0) is 18.6 Å². The third-order valence-corrected chi connectivity index (χ3v) is 2.30. The van der Waals surface area contributed by atoms with Crippen molar-refractivity contribution in [1.82, 2.24) is 5.32 Å². The number of carbonyl (C=O) groups is 2. The highest BCUT2D eigenvalue weighted by atomic mass is 19.1. The number of para-hydroxylation sites is 1. The molecular weight excluding hydrogens is 239 g/mol. The Hall–Kier alpha value is -2.11. The topological polar surface area (TPSA) is 78.4 Å². The summed E-state index contributed by atoms with van der Waals surface area (Å²) in [6.07, 6.45) is 0.941. The van der Waals surface area contributed by atoms with Crippen LogP contribution in [0.25, 0.3) is 0 Å². The molecule has 0 saturated carbocycles. The minimum atomic E-state index is -1.11. The molecular formula is C12H15FN2O3. The van der Waals surface area contributed by atoms with Crippen LogP contribution in [0.3, 0.4) is 0 Å². The number of amides is 2. The minimum absolute atomic E-state index is 0.00985. The summed E-state index contributed by atoms with van der Waals surface area (Å²) >= 11 is 0. The predicted molar refractivity (Wildman–Crippen MR) is 64.9 cm³/mol. The van der Waals surface area contributed by atoms with E-state index in [-0.39, 0.29) is 5.69 Å². The average molecular weight is 254 g/mol. The monoisotopic (exact) mass is 254 g/mol. The van der Waals surface area contributed by atoms with Gasteiger partial charge in [0, 0.05) is 0 Å². The van der Waals surface area contributed by atoms with E-state index in [0.29, 0.717) is 12.8 Å². The highest BCUT2D eigenvalue weighted by molar-refractivity contribution is 5.92. The molecule has 0 aliphatic heterocycles. The Morgan fingerprint density at radius 3 is 2.61 bits per heavy atom. The quantitative estimate of drug-likeness (QED) is 0.753. The van der Waals surface area contributed by atoms with Gasteiger partial charge in [-0.25, -0.2) is 14.0 Å². The second-order valence-corrected chi connectivity index (χ2v) is 3.76. The Balaban J connectivity index is 2.61. The van der Waals surface area contributed by atoms with E-state index in [1.165, 1.54) is 18.2 Å². The van der Waals surface area contributed by atoms with Crippen molar-refractivity contribution >= 4 is 17.7 Å². The summed E-state index contributed by atoms with van der Waals surface area (Å²) in [6, 6.07) is 3.96. The van der Waals surface area contributed by atoms with Crippen LogP contribution in [0.2, 0.25) is 0 Å². The first kappa shape index (κ1) is 14.0. The summed E-state index contributed by atoms with van der Waals surface area (Å²) in [4.78, 5) is 22.3. The van der Waals surface area contributed by atoms with Crippen LogP contribution in [0.15, 0.2) is 24.3 Å². The maximum atomic E-state index is 13.2. The summed E-state index contributed by atoms with van der Waals surface area (Å²) in [5.41, 5.74) is 0.00985. The van der Waals surface area contributed by atoms with Crippen LogP contribution < -0.4 is 10.6 Å². The first-order valence-electron chi connectivity index (χ1n) is 5.59. The number of carboxylic acids is 1. The van der Waals surface area contributed by atoms with Crippen LogP contribution in [-0.4, -0.2) is 23.1 Å². The van der Waals surface area contributed by atoms with Crippen molar-refractivity contribution in [3.8, 4) is 0 Å². The maximum absolute atomic E-state index is 13.2. The molecule has 0 radical (unpaired) electrons. The molecule has 1 aromatic rings. The molecule has 0 aliphatic rings. The minimum Gasteiger partial charge on any atom is -0.480 e. The van der Waals surface area contributed by atoms with Gasteiger partial charge in [-0.15, -0.1) is 0 Å². The average Bonchev–Trinajstić information content (AvgIpc) is 2.31. The Labute approximate surface area is 104 Å². The lowest BCUT2D eigenvalue weighted by atomic mass is 10.2. The number of hydrogen-bond acceptors (Lipinski definition) is 2. The number of nitrogens with one attached hydrogen (secondary N) is 2. The number of urea groups is 1. The second kappa shape index (κ2) is 6.58. The molecule has 0 aliphatic carbocycles. The van der Waals surface area contributed by atoms with E-state index in [9.17, 15) is 14.0 Å². The molecule has 0 saturated heterocycles. The number of anilines is 1. The van der Waals surface area contributed by atoms with Crippen molar-refractivity contribution in [2.45, 2.75) is 25.8 Å². The van der Waals surface area contributed by atoms with Crippen molar-refractivity contribution in [2.24, 2.45) is 0 Å². The zero-order chi connectivity index (χ0) is 13.5. The molecule has 2 amide bonds. The van der Waals surface area contributed by atoms with E-state index in [2.05, 4.69) is 10.6 Å². The standard InChI is InChI=1S/C12H15FN2O3/c1-2-5-10(11(16)17)15-12(18)14-9-7-4-3-6-8(9)13/h3-4,6-7,10H,2,5H2,1H3,(H,16,17)(H2,14,15,18)/t10-/m1/s1. The molecule has 98 valence electrons. The summed E-state index contributed by atoms with van der Waals surface area (Å²) in [6.45, 7) is 1.81. The van der Waals surface area contributed by atoms with Gasteiger partial charge in [0.15, 0.2) is 0 Å². The van der Waals surface area contributed by atoms with Crippen LogP contribution >= 0.6 is 0 Å². The van der Waals surface area contributed by atoms with Gasteiger partial charge in [-0.2, -0.15) is 0 Å². The molecule has 3 N–H and O–H groups in total. The number of hydrogen-bond donors (Lipinski definition) is 3. The third-order valence-electron chi connectivity index (χ3n) is 2.30. The zero-order valence-corrected chi connectivity index (χ0v) is 9.94. The van der Waals surface area contributed by atoms with Gasteiger partial charge < -0.3 is 15.7 Å². The second-order valence-electron chi connectivity index (χ2n) is 3.76. The SMILES string of the molecule is CCC[C@@H](NC(=O)Nc1ccccc1F)C(=O)O. The largest absolute Gasteiger partial charge is 0.480 e. The Kier molecular flexibility index (Phi) is 5.10. The highest BCUT2D eigenvalue weighted by Gasteiger charge is 2.19. The van der Waals surface area contributed by atoms with E-state index in [0.717, 1.165) is 0 Å². The maximum Gasteiger partial charge on any atom is 0.326 e. The lowest BCUT2D eigenvalue weighted by molar-refractivity contribution is -0.139. The normalized spacial score (nSPS) is 11.7. The fourth-order valence-corrected chi connectivity index (χ4v) is 1.43. The Morgan fingerprint density at radius 1 is 1.39 bits per heavy atom. The summed E-state index contributed by atoms with van der Waals surface area (Å²) in [5, 5.41) is 13.4. The van der Waals surface area contributed by atoms with Crippen molar-refractivity contribution < 1.29 is 19.1 Å². The van der Waals surface area contributed by atoms with Crippen molar-refractivity contribution in [2.75, 3.05) is 5.32 Å². The summed E-state index contributed by atoms with van der Waals surface area (Å²) < 4.78 is 13.2. The molecule has 6 heteroatoms. The van der Waals surface area contributed by atoms with Gasteiger partial charge in [-0.1, -0.05) is 25.5 Å². The Bertz CT molecular complexity index is 437. The number of halogens is 1. The number of carbonyl (C=O) groups excluding carboxylic acids is 1. The molecule has 1 atom stereocenters. The Morgan fingerprint density at radius 2 is 2.06 bits per heavy atom. The van der Waals surface area contributed by atoms with Gasteiger partial charge in [0.1, 0.15) is 11.9 Å². The molecule has 0 spiro atoms. The molecule has 0 heterocycles. The van der Waals surface area contributed by atoms with Gasteiger partial charge in [-0.3, -0.25) is 0 Å². The molecule has 1 aromatic carbocycles. The van der Waals surface area contributed by atoms with Crippen LogP contribution in [0.5, 0.6) is 0 Å². The number of benzene rings is 1. The fourth-order valence-electron chi connectivity index (χ4n) is 1.43. The van der Waals surface area contributed by atoms with E-state index in [1.807, 2.05) is 6.92 Å². The zero-order valence-electron chi connectivity index (χ0n) is 9.94. The summed E-state index contributed by atoms with van der Waals surface area (Å²) in [5.74, 6) is -1.68. The predicted octanol–water partition coefficient (Wildman–Crippen LogP) is 2.20. The van der Waals surface area contributed by atoms with E-state index in [4.69, 9.17) is 5.11 Å². The molecule has 0 bridgehead atoms. The van der Waals surface area contributed by atoms with Gasteiger partial charge >= 0.3 is 12.0 Å². The first-order valence-corrected chi connectivity index (χ1v) is 5.59. The van der Waals surface area contributed by atoms with Crippen LogP contribution in [0.1, 0.15) is 19.8 Å². The van der Waals surface area contributed by atoms with Crippen LogP contribution in [0.4, 0.5) is 14.9 Å². The molecule has 5 nitrogen and oxygen atoms in total. The van der Waals surface area contributed by atoms with Crippen molar-refractivity contribution in [3.05, 3.63) is 30.1 Å². The van der Waals surface area contributed by atoms with Gasteiger partial charge in [0.05, 0.1) is 5.69 Å². The third kappa shape index (κ3) is 4.04. The van der Waals surface area contributed by atoms with E-state index >= 15 is 0 Å². The van der Waals surface area contributed by atoms with Crippen LogP contribution in [-0.2, 0) is 4.79 Å². The molecule has 0 fully saturated rings. The first-order chi connectivity index (χ1) is 8.54. The summed E-state index contributed by atoms with van der Waals surface area (Å²) in [7, 11) is 0. The van der Waals surface area contributed by atoms with E-state index < -0.39 is 23.9 Å². The highest BCUT2D eigenvalue weighted by Crippen LogP contribution is 2.12. The smallest absolute Gasteiger partial charge is 0.326 e. The fraction of sp³-hybridized carbons (Fsp3) is 0.333. The lowest BCUT2D eigenvalue weighted by Crippen LogP contribution is -2.43. The molecule has 18 heavy (non-hydrogen) atoms. The van der Waals surface area contributed by atoms with Crippen LogP contribution in [0, 0.1) is 5.82 Å². The number of carboxylic acid groups (broad SMARTS) is 1.